The number of carbonyl (C=O) groups is 2. The van der Waals surface area contributed by atoms with Crippen LogP contribution >= 0.6 is 0 Å². The number of carbonyl (C=O) groups excluding carboxylic acids is 2. The Morgan fingerprint density at radius 2 is 1.95 bits per heavy atom. The lowest BCUT2D eigenvalue weighted by Crippen LogP contribution is -2.34. The number of amides is 2. The molecule has 0 unspecified atom stereocenters. The summed E-state index contributed by atoms with van der Waals surface area (Å²) in [6.07, 6.45) is 1.24. The van der Waals surface area contributed by atoms with Crippen molar-refractivity contribution in [1.82, 2.24) is 4.90 Å². The van der Waals surface area contributed by atoms with E-state index in [9.17, 15) is 9.59 Å². The number of nitrogens with zero attached hydrogens (tertiary/aromatic N) is 1. The number of nitrogens with one attached hydrogen (secondary N) is 2. The summed E-state index contributed by atoms with van der Waals surface area (Å²) in [5.41, 5.74) is 1.69. The molecule has 2 rings (SSSR count). The highest BCUT2D eigenvalue weighted by Crippen LogP contribution is 2.24. The zero-order chi connectivity index (χ0) is 15.9. The maximum absolute atomic E-state index is 12.1. The lowest BCUT2D eigenvalue weighted by atomic mass is 10.2. The molecule has 1 heterocycles. The highest BCUT2D eigenvalue weighted by Gasteiger charge is 2.30. The quantitative estimate of drug-likeness (QED) is 0.476. The van der Waals surface area contributed by atoms with Crippen molar-refractivity contribution in [2.24, 2.45) is 0 Å². The van der Waals surface area contributed by atoms with Gasteiger partial charge in [-0.2, -0.15) is 0 Å². The van der Waals surface area contributed by atoms with Gasteiger partial charge < -0.3 is 20.5 Å². The predicted molar refractivity (Wildman–Crippen MR) is 82.3 cm³/mol. The minimum atomic E-state index is -0.439. The Kier molecular flexibility index (Phi) is 5.51. The van der Waals surface area contributed by atoms with Gasteiger partial charge in [-0.25, -0.2) is 0 Å². The Labute approximate surface area is 128 Å². The predicted octanol–water partition coefficient (Wildman–Crippen LogP) is 0.402. The van der Waals surface area contributed by atoms with E-state index in [1.165, 1.54) is 6.08 Å². The van der Waals surface area contributed by atoms with Gasteiger partial charge in [-0.3, -0.25) is 14.5 Å². The normalized spacial score (nSPS) is 14.3. The van der Waals surface area contributed by atoms with Gasteiger partial charge in [-0.05, 0) is 12.1 Å². The van der Waals surface area contributed by atoms with Crippen molar-refractivity contribution in [3.8, 4) is 0 Å². The number of para-hydroxylation sites is 2. The first-order valence-corrected chi connectivity index (χ1v) is 6.94. The SMILES string of the molecule is COCCNc1ccccc1NC1=CC(=O)N(CCO)C1=O. The summed E-state index contributed by atoms with van der Waals surface area (Å²) in [5.74, 6) is -0.864. The number of hydrogen-bond donors (Lipinski definition) is 3. The molecule has 3 N–H and O–H groups in total. The van der Waals surface area contributed by atoms with Crippen molar-refractivity contribution >= 4 is 23.2 Å². The number of methoxy groups -OCH3 is 1. The monoisotopic (exact) mass is 305 g/mol. The number of anilines is 2. The largest absolute Gasteiger partial charge is 0.395 e. The number of imide groups is 1. The smallest absolute Gasteiger partial charge is 0.277 e. The fourth-order valence-electron chi connectivity index (χ4n) is 2.09. The van der Waals surface area contributed by atoms with E-state index in [1.807, 2.05) is 24.3 Å². The van der Waals surface area contributed by atoms with E-state index in [0.29, 0.717) is 18.8 Å². The lowest BCUT2D eigenvalue weighted by molar-refractivity contribution is -0.137. The molecule has 0 radical (unpaired) electrons. The molecule has 7 heteroatoms. The third-order valence-electron chi connectivity index (χ3n) is 3.15. The lowest BCUT2D eigenvalue weighted by Gasteiger charge is -2.15. The van der Waals surface area contributed by atoms with Crippen LogP contribution in [0.5, 0.6) is 0 Å². The molecule has 0 saturated heterocycles. The van der Waals surface area contributed by atoms with E-state index in [4.69, 9.17) is 9.84 Å². The number of aliphatic hydroxyl groups excluding tert-OH is 1. The van der Waals surface area contributed by atoms with E-state index < -0.39 is 11.8 Å². The molecular weight excluding hydrogens is 286 g/mol. The number of benzene rings is 1. The van der Waals surface area contributed by atoms with Crippen molar-refractivity contribution in [2.75, 3.05) is 44.0 Å². The van der Waals surface area contributed by atoms with Crippen LogP contribution in [0.15, 0.2) is 36.0 Å². The van der Waals surface area contributed by atoms with Crippen LogP contribution in [0.1, 0.15) is 0 Å². The van der Waals surface area contributed by atoms with E-state index in [1.54, 1.807) is 7.11 Å². The second-order valence-corrected chi connectivity index (χ2v) is 4.67. The fraction of sp³-hybridized carbons (Fsp3) is 0.333. The summed E-state index contributed by atoms with van der Waals surface area (Å²) < 4.78 is 4.99. The summed E-state index contributed by atoms with van der Waals surface area (Å²) >= 11 is 0. The Balaban J connectivity index is 2.09. The molecule has 0 aliphatic carbocycles. The highest BCUT2D eigenvalue weighted by atomic mass is 16.5. The molecule has 1 aromatic rings. The Morgan fingerprint density at radius 1 is 1.23 bits per heavy atom. The van der Waals surface area contributed by atoms with Crippen molar-refractivity contribution in [3.63, 3.8) is 0 Å². The van der Waals surface area contributed by atoms with Crippen molar-refractivity contribution < 1.29 is 19.4 Å². The molecular formula is C15H19N3O4. The van der Waals surface area contributed by atoms with Gasteiger partial charge >= 0.3 is 0 Å². The topological polar surface area (TPSA) is 90.9 Å². The van der Waals surface area contributed by atoms with Crippen LogP contribution in [0.2, 0.25) is 0 Å². The van der Waals surface area contributed by atoms with Crippen LogP contribution in [0.4, 0.5) is 11.4 Å². The molecule has 1 aliphatic heterocycles. The van der Waals surface area contributed by atoms with Crippen molar-refractivity contribution in [2.45, 2.75) is 0 Å². The van der Waals surface area contributed by atoms with Gasteiger partial charge in [0.2, 0.25) is 0 Å². The van der Waals surface area contributed by atoms with Gasteiger partial charge in [0.25, 0.3) is 11.8 Å². The molecule has 0 spiro atoms. The van der Waals surface area contributed by atoms with E-state index >= 15 is 0 Å². The van der Waals surface area contributed by atoms with Crippen LogP contribution in [-0.2, 0) is 14.3 Å². The molecule has 2 amide bonds. The Bertz CT molecular complexity index is 586. The Morgan fingerprint density at radius 3 is 2.64 bits per heavy atom. The summed E-state index contributed by atoms with van der Waals surface area (Å²) in [4.78, 5) is 24.8. The maximum Gasteiger partial charge on any atom is 0.277 e. The second-order valence-electron chi connectivity index (χ2n) is 4.67. The first kappa shape index (κ1) is 16.0. The molecule has 1 aromatic carbocycles. The van der Waals surface area contributed by atoms with E-state index in [2.05, 4.69) is 10.6 Å². The molecule has 0 atom stereocenters. The number of rotatable bonds is 8. The molecule has 0 bridgehead atoms. The van der Waals surface area contributed by atoms with Crippen LogP contribution in [0, 0.1) is 0 Å². The molecule has 1 aliphatic rings. The van der Waals surface area contributed by atoms with Gasteiger partial charge in [-0.1, -0.05) is 12.1 Å². The minimum Gasteiger partial charge on any atom is -0.395 e. The van der Waals surface area contributed by atoms with Crippen molar-refractivity contribution in [3.05, 3.63) is 36.0 Å². The molecule has 0 fully saturated rings. The van der Waals surface area contributed by atoms with Crippen LogP contribution in [0.25, 0.3) is 0 Å². The fourth-order valence-corrected chi connectivity index (χ4v) is 2.09. The summed E-state index contributed by atoms with van der Waals surface area (Å²) in [7, 11) is 1.62. The number of hydrogen-bond acceptors (Lipinski definition) is 6. The average molecular weight is 305 g/mol. The van der Waals surface area contributed by atoms with E-state index in [0.717, 1.165) is 10.6 Å². The van der Waals surface area contributed by atoms with Crippen LogP contribution < -0.4 is 10.6 Å². The van der Waals surface area contributed by atoms with Crippen LogP contribution in [-0.4, -0.2) is 55.2 Å². The van der Waals surface area contributed by atoms with Gasteiger partial charge in [-0.15, -0.1) is 0 Å². The molecule has 0 saturated carbocycles. The maximum atomic E-state index is 12.1. The molecule has 118 valence electrons. The van der Waals surface area contributed by atoms with Gasteiger partial charge in [0.15, 0.2) is 0 Å². The summed E-state index contributed by atoms with van der Waals surface area (Å²) in [6, 6.07) is 7.37. The highest BCUT2D eigenvalue weighted by molar-refractivity contribution is 6.17. The first-order valence-electron chi connectivity index (χ1n) is 6.94. The third kappa shape index (κ3) is 3.63. The zero-order valence-corrected chi connectivity index (χ0v) is 12.3. The minimum absolute atomic E-state index is 0.00686. The molecule has 7 nitrogen and oxygen atoms in total. The van der Waals surface area contributed by atoms with Gasteiger partial charge in [0, 0.05) is 19.7 Å². The zero-order valence-electron chi connectivity index (χ0n) is 12.3. The second kappa shape index (κ2) is 7.58. The summed E-state index contributed by atoms with van der Waals surface area (Å²) in [6.45, 7) is 0.914. The third-order valence-corrected chi connectivity index (χ3v) is 3.15. The first-order chi connectivity index (χ1) is 10.7. The van der Waals surface area contributed by atoms with Gasteiger partial charge in [0.05, 0.1) is 31.1 Å². The standard InChI is InChI=1S/C15H19N3O4/c1-22-9-6-16-11-4-2-3-5-12(11)17-13-10-14(20)18(7-8-19)15(13)21/h2-5,10,16-17,19H,6-9H2,1H3. The number of β-amino-alcohol motifs (C(OH)–C–C–N with tert-alkyl or cyclic N) is 1. The summed E-state index contributed by atoms with van der Waals surface area (Å²) in [5, 5.41) is 15.0. The van der Waals surface area contributed by atoms with Gasteiger partial charge in [0.1, 0.15) is 5.70 Å². The van der Waals surface area contributed by atoms with E-state index in [-0.39, 0.29) is 18.8 Å². The van der Waals surface area contributed by atoms with Crippen molar-refractivity contribution in [1.29, 1.82) is 0 Å². The van der Waals surface area contributed by atoms with Crippen LogP contribution in [0.3, 0.4) is 0 Å². The molecule has 0 aromatic heterocycles. The Hall–Kier alpha value is -2.38. The number of aliphatic hydroxyl groups is 1. The molecule has 22 heavy (non-hydrogen) atoms. The average Bonchev–Trinajstić information content (AvgIpc) is 2.77. The number of ether oxygens (including phenoxy) is 1.